The van der Waals surface area contributed by atoms with Crippen LogP contribution in [0.3, 0.4) is 0 Å². The minimum Gasteiger partial charge on any atom is -0.285 e. The summed E-state index contributed by atoms with van der Waals surface area (Å²) in [4.78, 5) is 4.33. The highest BCUT2D eigenvalue weighted by Crippen LogP contribution is 2.30. The van der Waals surface area contributed by atoms with Crippen molar-refractivity contribution in [3.05, 3.63) is 39.9 Å². The molecule has 1 aliphatic heterocycles. The fourth-order valence-corrected chi connectivity index (χ4v) is 3.94. The quantitative estimate of drug-likeness (QED) is 0.833. The van der Waals surface area contributed by atoms with Gasteiger partial charge in [-0.2, -0.15) is 5.10 Å². The average molecular weight is 318 g/mol. The van der Waals surface area contributed by atoms with Gasteiger partial charge in [0.2, 0.25) is 0 Å². The summed E-state index contributed by atoms with van der Waals surface area (Å²) in [5.41, 5.74) is 3.03. The monoisotopic (exact) mass is 318 g/mol. The van der Waals surface area contributed by atoms with Gasteiger partial charge < -0.3 is 0 Å². The van der Waals surface area contributed by atoms with Crippen molar-refractivity contribution in [1.82, 2.24) is 9.99 Å². The van der Waals surface area contributed by atoms with Crippen LogP contribution in [0.1, 0.15) is 30.7 Å². The Labute approximate surface area is 131 Å². The van der Waals surface area contributed by atoms with Crippen LogP contribution < -0.4 is 0 Å². The molecule has 1 aromatic carbocycles. The van der Waals surface area contributed by atoms with Gasteiger partial charge in [-0.3, -0.25) is 5.01 Å². The van der Waals surface area contributed by atoms with Crippen LogP contribution in [0.25, 0.3) is 10.2 Å². The standard InChI is InChI=1S/C16H14F2N3S/c17-12-5-13(18)16-14(6-12)20-15(22-16)9-21-8-11-4-2-1-3-10(11)7-19-21/h5-6H,1-4,8-9H2. The van der Waals surface area contributed by atoms with Gasteiger partial charge >= 0.3 is 0 Å². The molecule has 0 amide bonds. The number of rotatable bonds is 2. The Morgan fingerprint density at radius 3 is 3.00 bits per heavy atom. The number of allylic oxidation sites excluding steroid dienone is 1. The Morgan fingerprint density at radius 1 is 1.23 bits per heavy atom. The van der Waals surface area contributed by atoms with Crippen molar-refractivity contribution in [3.8, 4) is 0 Å². The zero-order valence-corrected chi connectivity index (χ0v) is 12.7. The van der Waals surface area contributed by atoms with Gasteiger partial charge in [-0.1, -0.05) is 0 Å². The Kier molecular flexibility index (Phi) is 3.41. The molecule has 0 saturated carbocycles. The molecule has 2 heterocycles. The molecule has 0 fully saturated rings. The first-order chi connectivity index (χ1) is 10.7. The van der Waals surface area contributed by atoms with Crippen molar-refractivity contribution >= 4 is 27.8 Å². The van der Waals surface area contributed by atoms with E-state index >= 15 is 0 Å². The van der Waals surface area contributed by atoms with E-state index in [4.69, 9.17) is 0 Å². The smallest absolute Gasteiger partial charge is 0.145 e. The minimum absolute atomic E-state index is 0.375. The SMILES string of the molecule is Fc1cc(F)c2sc(CN3CC4=C([C]=N3)CCCC4)nc2c1. The molecule has 0 atom stereocenters. The molecule has 3 nitrogen and oxygen atoms in total. The lowest BCUT2D eigenvalue weighted by molar-refractivity contribution is 0.294. The molecule has 0 saturated heterocycles. The predicted molar refractivity (Wildman–Crippen MR) is 82.9 cm³/mol. The van der Waals surface area contributed by atoms with Gasteiger partial charge in [-0.05, 0) is 36.8 Å². The molecule has 2 aromatic rings. The molecule has 1 radical (unpaired) electrons. The van der Waals surface area contributed by atoms with Crippen LogP contribution in [0, 0.1) is 11.6 Å². The third-order valence-electron chi connectivity index (χ3n) is 4.05. The maximum atomic E-state index is 13.7. The summed E-state index contributed by atoms with van der Waals surface area (Å²) in [6, 6.07) is 2.17. The molecule has 113 valence electrons. The molecular formula is C16H14F2N3S. The first-order valence-electron chi connectivity index (χ1n) is 7.36. The second-order valence-electron chi connectivity index (χ2n) is 5.67. The predicted octanol–water partition coefficient (Wildman–Crippen LogP) is 4.12. The number of benzene rings is 1. The van der Waals surface area contributed by atoms with Crippen molar-refractivity contribution < 1.29 is 8.78 Å². The number of nitrogens with zero attached hydrogens (tertiary/aromatic N) is 3. The summed E-state index contributed by atoms with van der Waals surface area (Å²) < 4.78 is 27.4. The Hall–Kier alpha value is -1.82. The van der Waals surface area contributed by atoms with E-state index in [9.17, 15) is 8.78 Å². The number of thiazole rings is 1. The molecule has 0 spiro atoms. The van der Waals surface area contributed by atoms with Crippen LogP contribution >= 0.6 is 11.3 Å². The summed E-state index contributed by atoms with van der Waals surface area (Å²) in [6.45, 7) is 1.29. The van der Waals surface area contributed by atoms with E-state index in [0.717, 1.165) is 30.5 Å². The highest BCUT2D eigenvalue weighted by Gasteiger charge is 2.20. The van der Waals surface area contributed by atoms with Crippen LogP contribution in [0.15, 0.2) is 28.4 Å². The van der Waals surface area contributed by atoms with Gasteiger partial charge in [-0.15, -0.1) is 11.3 Å². The Balaban J connectivity index is 1.56. The summed E-state index contributed by atoms with van der Waals surface area (Å²) >= 11 is 1.26. The van der Waals surface area contributed by atoms with Crippen molar-refractivity contribution in [2.24, 2.45) is 5.10 Å². The number of fused-ring (bicyclic) bond motifs is 1. The van der Waals surface area contributed by atoms with E-state index in [2.05, 4.69) is 16.3 Å². The van der Waals surface area contributed by atoms with Gasteiger partial charge in [0, 0.05) is 12.1 Å². The topological polar surface area (TPSA) is 28.5 Å². The number of aromatic nitrogens is 1. The molecule has 2 aliphatic rings. The molecular weight excluding hydrogens is 304 g/mol. The average Bonchev–Trinajstić information content (AvgIpc) is 2.90. The van der Waals surface area contributed by atoms with E-state index in [0.29, 0.717) is 16.8 Å². The lowest BCUT2D eigenvalue weighted by Gasteiger charge is -2.27. The molecule has 0 bridgehead atoms. The summed E-state index contributed by atoms with van der Waals surface area (Å²) in [5, 5.41) is 6.98. The van der Waals surface area contributed by atoms with E-state index in [1.54, 1.807) is 0 Å². The van der Waals surface area contributed by atoms with Crippen LogP contribution in [0.5, 0.6) is 0 Å². The van der Waals surface area contributed by atoms with Gasteiger partial charge in [0.1, 0.15) is 22.9 Å². The summed E-state index contributed by atoms with van der Waals surface area (Å²) in [5.74, 6) is -1.15. The zero-order valence-electron chi connectivity index (χ0n) is 11.9. The maximum Gasteiger partial charge on any atom is 0.145 e. The lowest BCUT2D eigenvalue weighted by Crippen LogP contribution is -2.25. The van der Waals surface area contributed by atoms with Crippen molar-refractivity contribution in [3.63, 3.8) is 0 Å². The lowest BCUT2D eigenvalue weighted by atomic mass is 9.91. The summed E-state index contributed by atoms with van der Waals surface area (Å²) in [7, 11) is 0. The third-order valence-corrected chi connectivity index (χ3v) is 5.12. The van der Waals surface area contributed by atoms with E-state index in [1.807, 2.05) is 5.01 Å². The van der Waals surface area contributed by atoms with Crippen LogP contribution in [-0.4, -0.2) is 22.8 Å². The molecule has 22 heavy (non-hydrogen) atoms. The number of halogens is 2. The third kappa shape index (κ3) is 2.52. The van der Waals surface area contributed by atoms with Gasteiger partial charge in [-0.25, -0.2) is 13.8 Å². The fourth-order valence-electron chi connectivity index (χ4n) is 2.98. The van der Waals surface area contributed by atoms with Crippen molar-refractivity contribution in [1.29, 1.82) is 0 Å². The van der Waals surface area contributed by atoms with Gasteiger partial charge in [0.05, 0.1) is 23.3 Å². The van der Waals surface area contributed by atoms with Crippen molar-refractivity contribution in [2.75, 3.05) is 6.54 Å². The molecule has 0 N–H and O–H groups in total. The normalized spacial score (nSPS) is 18.2. The van der Waals surface area contributed by atoms with Crippen LogP contribution in [0.2, 0.25) is 0 Å². The second kappa shape index (κ2) is 5.43. The van der Waals surface area contributed by atoms with E-state index in [1.165, 1.54) is 41.4 Å². The van der Waals surface area contributed by atoms with Gasteiger partial charge in [0.25, 0.3) is 0 Å². The largest absolute Gasteiger partial charge is 0.285 e. The fraction of sp³-hybridized carbons (Fsp3) is 0.375. The van der Waals surface area contributed by atoms with E-state index < -0.39 is 11.6 Å². The van der Waals surface area contributed by atoms with E-state index in [-0.39, 0.29) is 0 Å². The molecule has 1 aliphatic carbocycles. The zero-order chi connectivity index (χ0) is 15.1. The molecule has 1 aromatic heterocycles. The molecule has 6 heteroatoms. The Bertz CT molecular complexity index is 794. The first kappa shape index (κ1) is 13.8. The first-order valence-corrected chi connectivity index (χ1v) is 8.17. The Morgan fingerprint density at radius 2 is 2.09 bits per heavy atom. The minimum atomic E-state index is -0.594. The van der Waals surface area contributed by atoms with Crippen LogP contribution in [-0.2, 0) is 6.54 Å². The number of hydrazone groups is 1. The second-order valence-corrected chi connectivity index (χ2v) is 6.75. The highest BCUT2D eigenvalue weighted by molar-refractivity contribution is 7.18. The van der Waals surface area contributed by atoms with Crippen LogP contribution in [0.4, 0.5) is 8.78 Å². The molecule has 0 unspecified atom stereocenters. The number of hydrogen-bond acceptors (Lipinski definition) is 4. The number of hydrogen-bond donors (Lipinski definition) is 0. The highest BCUT2D eigenvalue weighted by atomic mass is 32.1. The summed E-state index contributed by atoms with van der Waals surface area (Å²) in [6.07, 6.45) is 7.73. The maximum absolute atomic E-state index is 13.7. The van der Waals surface area contributed by atoms with Gasteiger partial charge in [0.15, 0.2) is 0 Å². The molecule has 4 rings (SSSR count). The van der Waals surface area contributed by atoms with Crippen molar-refractivity contribution in [2.45, 2.75) is 32.2 Å².